The van der Waals surface area contributed by atoms with Crippen LogP contribution in [0.3, 0.4) is 0 Å². The first-order valence-electron chi connectivity index (χ1n) is 8.98. The number of nitrogens with one attached hydrogen (secondary N) is 1. The molecular weight excluding hydrogens is 316 g/mol. The molecule has 1 atom stereocenters. The largest absolute Gasteiger partial charge is 0.496 e. The van der Waals surface area contributed by atoms with Gasteiger partial charge in [-0.1, -0.05) is 12.1 Å². The fraction of sp³-hybridized carbons (Fsp3) is 0.579. The molecule has 0 aromatic heterocycles. The molecule has 6 nitrogen and oxygen atoms in total. The van der Waals surface area contributed by atoms with E-state index in [1.54, 1.807) is 7.11 Å². The van der Waals surface area contributed by atoms with E-state index in [1.165, 1.54) is 0 Å². The minimum absolute atomic E-state index is 0.222. The number of carbonyl (C=O) groups excluding carboxylic acids is 1. The summed E-state index contributed by atoms with van der Waals surface area (Å²) < 4.78 is 5.39. The first kappa shape index (κ1) is 19.1. The fourth-order valence-electron chi connectivity index (χ4n) is 3.26. The summed E-state index contributed by atoms with van der Waals surface area (Å²) in [5, 5.41) is 3.36. The smallest absolute Gasteiger partial charge is 0.217 e. The summed E-state index contributed by atoms with van der Waals surface area (Å²) in [5.41, 5.74) is 7.59. The highest BCUT2D eigenvalue weighted by atomic mass is 16.5. The first-order valence-corrected chi connectivity index (χ1v) is 8.98. The summed E-state index contributed by atoms with van der Waals surface area (Å²) in [6, 6.07) is 6.17. The van der Waals surface area contributed by atoms with Crippen LogP contribution in [-0.4, -0.2) is 43.5 Å². The third-order valence-corrected chi connectivity index (χ3v) is 4.53. The van der Waals surface area contributed by atoms with Gasteiger partial charge in [-0.25, -0.2) is 4.99 Å². The Morgan fingerprint density at radius 1 is 1.48 bits per heavy atom. The van der Waals surface area contributed by atoms with Gasteiger partial charge >= 0.3 is 0 Å². The number of guanidine groups is 1. The SMILES string of the molecule is CCNC(=NCc1ccc(C)c(OC)c1)N1CCCC(CC(N)=O)C1. The number of benzene rings is 1. The molecule has 6 heteroatoms. The number of primary amides is 1. The van der Waals surface area contributed by atoms with E-state index in [-0.39, 0.29) is 5.91 Å². The predicted molar refractivity (Wildman–Crippen MR) is 101 cm³/mol. The number of nitrogens with two attached hydrogens (primary N) is 1. The van der Waals surface area contributed by atoms with E-state index >= 15 is 0 Å². The molecule has 1 unspecified atom stereocenters. The van der Waals surface area contributed by atoms with Gasteiger partial charge in [0, 0.05) is 26.1 Å². The van der Waals surface area contributed by atoms with Gasteiger partial charge < -0.3 is 20.7 Å². The number of likely N-dealkylation sites (tertiary alicyclic amines) is 1. The van der Waals surface area contributed by atoms with E-state index in [0.717, 1.165) is 55.3 Å². The van der Waals surface area contributed by atoms with Crippen molar-refractivity contribution in [2.45, 2.75) is 39.7 Å². The normalized spacial score (nSPS) is 18.1. The van der Waals surface area contributed by atoms with Gasteiger partial charge in [0.2, 0.25) is 5.91 Å². The van der Waals surface area contributed by atoms with Crippen LogP contribution in [0.2, 0.25) is 0 Å². The van der Waals surface area contributed by atoms with Crippen LogP contribution in [0, 0.1) is 12.8 Å². The second kappa shape index (κ2) is 9.30. The van der Waals surface area contributed by atoms with Gasteiger partial charge in [0.15, 0.2) is 5.96 Å². The molecule has 1 saturated heterocycles. The first-order chi connectivity index (χ1) is 12.0. The Morgan fingerprint density at radius 2 is 2.28 bits per heavy atom. The molecule has 2 rings (SSSR count). The van der Waals surface area contributed by atoms with E-state index in [4.69, 9.17) is 15.5 Å². The average Bonchev–Trinajstić information content (AvgIpc) is 2.59. The number of hydrogen-bond donors (Lipinski definition) is 2. The Morgan fingerprint density at radius 3 is 2.96 bits per heavy atom. The molecule has 25 heavy (non-hydrogen) atoms. The predicted octanol–water partition coefficient (Wildman–Crippen LogP) is 2.06. The number of hydrogen-bond acceptors (Lipinski definition) is 3. The highest BCUT2D eigenvalue weighted by Gasteiger charge is 2.23. The van der Waals surface area contributed by atoms with Crippen LogP contribution in [0.5, 0.6) is 5.75 Å². The van der Waals surface area contributed by atoms with E-state index in [9.17, 15) is 4.79 Å². The number of ether oxygens (including phenoxy) is 1. The van der Waals surface area contributed by atoms with Crippen molar-refractivity contribution in [3.05, 3.63) is 29.3 Å². The summed E-state index contributed by atoms with van der Waals surface area (Å²) in [4.78, 5) is 18.2. The Kier molecular flexibility index (Phi) is 7.10. The van der Waals surface area contributed by atoms with Crippen LogP contribution >= 0.6 is 0 Å². The highest BCUT2D eigenvalue weighted by Crippen LogP contribution is 2.21. The molecule has 1 aliphatic heterocycles. The lowest BCUT2D eigenvalue weighted by Crippen LogP contribution is -2.47. The minimum atomic E-state index is -0.222. The van der Waals surface area contributed by atoms with E-state index in [1.807, 2.05) is 13.0 Å². The van der Waals surface area contributed by atoms with Crippen LogP contribution in [-0.2, 0) is 11.3 Å². The van der Waals surface area contributed by atoms with Crippen LogP contribution in [0.15, 0.2) is 23.2 Å². The standard InChI is InChI=1S/C19H30N4O2/c1-4-21-19(23-9-5-6-16(13-23)11-18(20)24)22-12-15-8-7-14(2)17(10-15)25-3/h7-8,10,16H,4-6,9,11-13H2,1-3H3,(H2,20,24)(H,21,22). The van der Waals surface area contributed by atoms with Crippen molar-refractivity contribution < 1.29 is 9.53 Å². The van der Waals surface area contributed by atoms with Gasteiger partial charge in [-0.15, -0.1) is 0 Å². The summed E-state index contributed by atoms with van der Waals surface area (Å²) in [6.07, 6.45) is 2.56. The van der Waals surface area contributed by atoms with E-state index in [2.05, 4.69) is 29.3 Å². The van der Waals surface area contributed by atoms with Crippen molar-refractivity contribution in [2.24, 2.45) is 16.6 Å². The lowest BCUT2D eigenvalue weighted by Gasteiger charge is -2.34. The highest BCUT2D eigenvalue weighted by molar-refractivity contribution is 5.80. The molecule has 138 valence electrons. The third-order valence-electron chi connectivity index (χ3n) is 4.53. The number of carbonyl (C=O) groups is 1. The summed E-state index contributed by atoms with van der Waals surface area (Å²) >= 11 is 0. The van der Waals surface area contributed by atoms with Gasteiger partial charge in [0.05, 0.1) is 13.7 Å². The van der Waals surface area contributed by atoms with Crippen LogP contribution in [0.4, 0.5) is 0 Å². The molecule has 1 fully saturated rings. The topological polar surface area (TPSA) is 80.0 Å². The number of nitrogens with zero attached hydrogens (tertiary/aromatic N) is 2. The molecule has 1 amide bonds. The number of aliphatic imine (C=N–C) groups is 1. The van der Waals surface area contributed by atoms with Crippen LogP contribution < -0.4 is 15.8 Å². The monoisotopic (exact) mass is 346 g/mol. The van der Waals surface area contributed by atoms with Crippen LogP contribution in [0.1, 0.15) is 37.3 Å². The molecule has 1 heterocycles. The number of rotatable bonds is 6. The molecule has 0 aliphatic carbocycles. The van der Waals surface area contributed by atoms with Crippen molar-refractivity contribution in [3.63, 3.8) is 0 Å². The second-order valence-corrected chi connectivity index (χ2v) is 6.60. The Bertz CT molecular complexity index is 615. The average molecular weight is 346 g/mol. The Balaban J connectivity index is 2.08. The van der Waals surface area contributed by atoms with Crippen molar-refractivity contribution in [2.75, 3.05) is 26.7 Å². The number of amides is 1. The molecule has 3 N–H and O–H groups in total. The van der Waals surface area contributed by atoms with Gasteiger partial charge in [-0.2, -0.15) is 0 Å². The Hall–Kier alpha value is -2.24. The molecule has 0 spiro atoms. The zero-order chi connectivity index (χ0) is 18.2. The zero-order valence-electron chi connectivity index (χ0n) is 15.5. The van der Waals surface area contributed by atoms with Gasteiger partial charge in [-0.3, -0.25) is 4.79 Å². The Labute approximate surface area is 150 Å². The summed E-state index contributed by atoms with van der Waals surface area (Å²) in [7, 11) is 1.69. The lowest BCUT2D eigenvalue weighted by atomic mass is 9.95. The quantitative estimate of drug-likeness (QED) is 0.610. The van der Waals surface area contributed by atoms with Crippen molar-refractivity contribution in [1.82, 2.24) is 10.2 Å². The summed E-state index contributed by atoms with van der Waals surface area (Å²) in [5.74, 6) is 1.88. The van der Waals surface area contributed by atoms with Crippen molar-refractivity contribution in [1.29, 1.82) is 0 Å². The van der Waals surface area contributed by atoms with Gasteiger partial charge in [-0.05, 0) is 49.8 Å². The molecule has 1 aromatic rings. The van der Waals surface area contributed by atoms with Gasteiger partial charge in [0.25, 0.3) is 0 Å². The number of methoxy groups -OCH3 is 1. The van der Waals surface area contributed by atoms with Crippen molar-refractivity contribution in [3.8, 4) is 5.75 Å². The summed E-state index contributed by atoms with van der Waals surface area (Å²) in [6.45, 7) is 7.28. The van der Waals surface area contributed by atoms with Crippen molar-refractivity contribution >= 4 is 11.9 Å². The van der Waals surface area contributed by atoms with Gasteiger partial charge in [0.1, 0.15) is 5.75 Å². The molecule has 1 aliphatic rings. The maximum absolute atomic E-state index is 11.2. The molecular formula is C19H30N4O2. The zero-order valence-corrected chi connectivity index (χ0v) is 15.5. The van der Waals surface area contributed by atoms with E-state index < -0.39 is 0 Å². The third kappa shape index (κ3) is 5.66. The van der Waals surface area contributed by atoms with Crippen LogP contribution in [0.25, 0.3) is 0 Å². The maximum atomic E-state index is 11.2. The number of aryl methyl sites for hydroxylation is 1. The fourth-order valence-corrected chi connectivity index (χ4v) is 3.26. The minimum Gasteiger partial charge on any atom is -0.496 e. The van der Waals surface area contributed by atoms with E-state index in [0.29, 0.717) is 18.9 Å². The molecule has 0 radical (unpaired) electrons. The molecule has 0 bridgehead atoms. The number of piperidine rings is 1. The molecule has 1 aromatic carbocycles. The second-order valence-electron chi connectivity index (χ2n) is 6.60. The lowest BCUT2D eigenvalue weighted by molar-refractivity contribution is -0.119. The molecule has 0 saturated carbocycles. The maximum Gasteiger partial charge on any atom is 0.217 e.